The summed E-state index contributed by atoms with van der Waals surface area (Å²) in [5.41, 5.74) is 10.8. The summed E-state index contributed by atoms with van der Waals surface area (Å²) in [6.07, 6.45) is 14.4. The molecule has 8 nitrogen and oxygen atoms in total. The number of benzene rings is 1. The Labute approximate surface area is 277 Å². The minimum absolute atomic E-state index is 0.566. The summed E-state index contributed by atoms with van der Waals surface area (Å²) in [5, 5.41) is 0. The third-order valence-corrected chi connectivity index (χ3v) is 7.84. The largest absolute Gasteiger partial charge is 0.264 e. The van der Waals surface area contributed by atoms with E-state index in [2.05, 4.69) is 32.1 Å². The molecule has 0 atom stereocenters. The van der Waals surface area contributed by atoms with Crippen molar-refractivity contribution in [2.45, 2.75) is 0 Å². The summed E-state index contributed by atoms with van der Waals surface area (Å²) in [5.74, 6) is 0.566. The van der Waals surface area contributed by atoms with Gasteiger partial charge in [-0.25, -0.2) is 19.9 Å². The van der Waals surface area contributed by atoms with Crippen LogP contribution in [0.25, 0.3) is 78.9 Å². The molecule has 48 heavy (non-hydrogen) atoms. The first-order valence-corrected chi connectivity index (χ1v) is 15.4. The van der Waals surface area contributed by atoms with Crippen molar-refractivity contribution in [3.05, 3.63) is 159 Å². The maximum absolute atomic E-state index is 5.11. The van der Waals surface area contributed by atoms with Crippen LogP contribution in [0.5, 0.6) is 0 Å². The van der Waals surface area contributed by atoms with Gasteiger partial charge in [0.05, 0.1) is 34.2 Å². The van der Waals surface area contributed by atoms with Crippen molar-refractivity contribution < 1.29 is 0 Å². The summed E-state index contributed by atoms with van der Waals surface area (Å²) in [4.78, 5) is 37.8. The molecule has 7 aromatic heterocycles. The maximum Gasteiger partial charge on any atom is 0.160 e. The van der Waals surface area contributed by atoms with Crippen LogP contribution in [-0.2, 0) is 0 Å². The van der Waals surface area contributed by atoms with Crippen LogP contribution in [0.1, 0.15) is 0 Å². The van der Waals surface area contributed by atoms with Crippen LogP contribution in [0.4, 0.5) is 0 Å². The van der Waals surface area contributed by atoms with Gasteiger partial charge in [-0.1, -0.05) is 42.5 Å². The van der Waals surface area contributed by atoms with Gasteiger partial charge in [0.2, 0.25) is 0 Å². The lowest BCUT2D eigenvalue weighted by atomic mass is 10.0. The van der Waals surface area contributed by atoms with Gasteiger partial charge < -0.3 is 0 Å². The Balaban J connectivity index is 1.36. The van der Waals surface area contributed by atoms with E-state index in [0.717, 1.165) is 50.3 Å². The molecule has 0 aliphatic heterocycles. The zero-order valence-corrected chi connectivity index (χ0v) is 25.6. The molecule has 8 rings (SSSR count). The minimum Gasteiger partial charge on any atom is -0.264 e. The molecule has 0 unspecified atom stereocenters. The molecule has 8 heteroatoms. The molecule has 8 aromatic rings. The predicted octanol–water partition coefficient (Wildman–Crippen LogP) is 8.52. The molecule has 0 bridgehead atoms. The van der Waals surface area contributed by atoms with Crippen LogP contribution in [0.15, 0.2) is 159 Å². The molecular formula is C40H26N8. The van der Waals surface area contributed by atoms with Crippen LogP contribution in [0.3, 0.4) is 0 Å². The number of pyridine rings is 6. The third kappa shape index (κ3) is 6.05. The Morgan fingerprint density at radius 1 is 0.271 bits per heavy atom. The second-order valence-corrected chi connectivity index (χ2v) is 11.0. The topological polar surface area (TPSA) is 103 Å². The van der Waals surface area contributed by atoms with E-state index in [9.17, 15) is 0 Å². The summed E-state index contributed by atoms with van der Waals surface area (Å²) in [7, 11) is 0. The monoisotopic (exact) mass is 618 g/mol. The highest BCUT2D eigenvalue weighted by Gasteiger charge is 2.17. The van der Waals surface area contributed by atoms with Crippen molar-refractivity contribution >= 4 is 0 Å². The highest BCUT2D eigenvalue weighted by molar-refractivity contribution is 5.79. The fourth-order valence-corrected chi connectivity index (χ4v) is 5.47. The predicted molar refractivity (Wildman–Crippen MR) is 187 cm³/mol. The summed E-state index contributed by atoms with van der Waals surface area (Å²) < 4.78 is 0. The Bertz CT molecular complexity index is 2060. The Morgan fingerprint density at radius 2 is 0.646 bits per heavy atom. The van der Waals surface area contributed by atoms with Gasteiger partial charge in [-0.3, -0.25) is 19.9 Å². The van der Waals surface area contributed by atoms with Crippen molar-refractivity contribution in [3.63, 3.8) is 0 Å². The van der Waals surface area contributed by atoms with E-state index in [4.69, 9.17) is 19.9 Å². The van der Waals surface area contributed by atoms with Gasteiger partial charge in [-0.15, -0.1) is 0 Å². The van der Waals surface area contributed by atoms with Crippen molar-refractivity contribution in [2.75, 3.05) is 0 Å². The molecule has 1 aromatic carbocycles. The smallest absolute Gasteiger partial charge is 0.160 e. The summed E-state index contributed by atoms with van der Waals surface area (Å²) >= 11 is 0. The van der Waals surface area contributed by atoms with Gasteiger partial charge >= 0.3 is 0 Å². The second kappa shape index (κ2) is 12.9. The number of aromatic nitrogens is 8. The van der Waals surface area contributed by atoms with E-state index in [1.54, 1.807) is 24.8 Å². The van der Waals surface area contributed by atoms with E-state index < -0.39 is 0 Å². The average Bonchev–Trinajstić information content (AvgIpc) is 3.19. The van der Waals surface area contributed by atoms with Crippen LogP contribution >= 0.6 is 0 Å². The molecule has 0 saturated heterocycles. The summed E-state index contributed by atoms with van der Waals surface area (Å²) in [6.45, 7) is 0. The molecule has 0 aliphatic rings. The lowest BCUT2D eigenvalue weighted by molar-refractivity contribution is 1.15. The van der Waals surface area contributed by atoms with Crippen LogP contribution in [-0.4, -0.2) is 39.9 Å². The lowest BCUT2D eigenvalue weighted by Gasteiger charge is -2.13. The number of hydrogen-bond acceptors (Lipinski definition) is 8. The first kappa shape index (κ1) is 28.7. The van der Waals surface area contributed by atoms with Crippen LogP contribution in [0.2, 0.25) is 0 Å². The summed E-state index contributed by atoms with van der Waals surface area (Å²) in [6, 6.07) is 35.8. The highest BCUT2D eigenvalue weighted by atomic mass is 14.9. The molecule has 0 fully saturated rings. The zero-order valence-electron chi connectivity index (χ0n) is 25.6. The Morgan fingerprint density at radius 3 is 1.06 bits per heavy atom. The van der Waals surface area contributed by atoms with E-state index >= 15 is 0 Å². The SMILES string of the molecule is c1ccc(-c2nc(-c3cc(-c4cccnc4)cc(-c4cccnc4)n3)cc(-c3cc(-c4cccnc4)cc(-c4cccnc4)n3)n2)cc1. The van der Waals surface area contributed by atoms with Gasteiger partial charge in [0.15, 0.2) is 5.82 Å². The highest BCUT2D eigenvalue weighted by Crippen LogP contribution is 2.34. The first-order chi connectivity index (χ1) is 23.8. The fraction of sp³-hybridized carbons (Fsp3) is 0. The Hall–Kier alpha value is -6.80. The lowest BCUT2D eigenvalue weighted by Crippen LogP contribution is -2.00. The van der Waals surface area contributed by atoms with Crippen molar-refractivity contribution in [2.24, 2.45) is 0 Å². The van der Waals surface area contributed by atoms with Crippen molar-refractivity contribution in [1.29, 1.82) is 0 Å². The van der Waals surface area contributed by atoms with Crippen LogP contribution in [0, 0.1) is 0 Å². The van der Waals surface area contributed by atoms with Gasteiger partial charge in [-0.05, 0) is 77.9 Å². The molecular weight excluding hydrogens is 592 g/mol. The van der Waals surface area contributed by atoms with E-state index in [1.165, 1.54) is 0 Å². The quantitative estimate of drug-likeness (QED) is 0.175. The normalized spacial score (nSPS) is 10.9. The molecule has 0 radical (unpaired) electrons. The fourth-order valence-electron chi connectivity index (χ4n) is 5.47. The average molecular weight is 619 g/mol. The van der Waals surface area contributed by atoms with E-state index in [-0.39, 0.29) is 0 Å². The zero-order chi connectivity index (χ0) is 32.1. The minimum atomic E-state index is 0.566. The molecule has 0 N–H and O–H groups in total. The number of nitrogens with zero attached hydrogens (tertiary/aromatic N) is 8. The van der Waals surface area contributed by atoms with Crippen LogP contribution < -0.4 is 0 Å². The molecule has 0 amide bonds. The molecule has 0 aliphatic carbocycles. The van der Waals surface area contributed by atoms with Gasteiger partial charge in [-0.2, -0.15) is 0 Å². The maximum atomic E-state index is 5.11. The van der Waals surface area contributed by atoms with Gasteiger partial charge in [0.25, 0.3) is 0 Å². The Kier molecular flexibility index (Phi) is 7.70. The second-order valence-electron chi connectivity index (χ2n) is 11.0. The number of rotatable bonds is 7. The van der Waals surface area contributed by atoms with E-state index in [1.807, 2.05) is 122 Å². The van der Waals surface area contributed by atoms with Gasteiger partial charge in [0, 0.05) is 77.4 Å². The number of hydrogen-bond donors (Lipinski definition) is 0. The first-order valence-electron chi connectivity index (χ1n) is 15.4. The molecule has 7 heterocycles. The standard InChI is InChI=1S/C40H26N8/c1-2-8-27(9-3-1)40-47-38(36-20-32(28-10-4-14-41-23-28)18-34(45-36)30-12-6-16-43-25-30)22-39(48-40)37-21-33(29-11-5-15-42-24-29)19-35(46-37)31-13-7-17-44-26-31/h1-26H. The van der Waals surface area contributed by atoms with E-state index in [0.29, 0.717) is 28.6 Å². The van der Waals surface area contributed by atoms with Crippen molar-refractivity contribution in [1.82, 2.24) is 39.9 Å². The van der Waals surface area contributed by atoms with Gasteiger partial charge in [0.1, 0.15) is 0 Å². The molecule has 0 saturated carbocycles. The molecule has 226 valence electrons. The van der Waals surface area contributed by atoms with Crippen molar-refractivity contribution in [3.8, 4) is 78.9 Å². The third-order valence-electron chi connectivity index (χ3n) is 7.84. The molecule has 0 spiro atoms.